The number of nitrogens with two attached hydrogens (primary N) is 1. The summed E-state index contributed by atoms with van der Waals surface area (Å²) in [6, 6.07) is 12.2. The monoisotopic (exact) mass is 391 g/mol. The van der Waals surface area contributed by atoms with Gasteiger partial charge in [0.15, 0.2) is 0 Å². The lowest BCUT2D eigenvalue weighted by atomic mass is 9.98. The molecule has 152 valence electrons. The maximum absolute atomic E-state index is 6.04. The van der Waals surface area contributed by atoms with E-state index in [1.165, 1.54) is 18.4 Å². The zero-order valence-electron chi connectivity index (χ0n) is 17.2. The Morgan fingerprint density at radius 3 is 2.72 bits per heavy atom. The first-order valence-electron chi connectivity index (χ1n) is 10.2. The number of hydrogen-bond acceptors (Lipinski definition) is 6. The summed E-state index contributed by atoms with van der Waals surface area (Å²) in [5.41, 5.74) is 8.34. The molecule has 0 aliphatic carbocycles. The number of pyridine rings is 2. The molecule has 0 spiro atoms. The third kappa shape index (κ3) is 4.59. The molecule has 1 aliphatic heterocycles. The third-order valence-corrected chi connectivity index (χ3v) is 5.75. The number of rotatable bonds is 6. The smallest absolute Gasteiger partial charge is 0.213 e. The molecular formula is C23H29N5O. The maximum Gasteiger partial charge on any atom is 0.213 e. The van der Waals surface area contributed by atoms with Crippen LogP contribution in [-0.4, -0.2) is 48.7 Å². The number of piperidine rings is 1. The van der Waals surface area contributed by atoms with E-state index in [-0.39, 0.29) is 0 Å². The van der Waals surface area contributed by atoms with Crippen LogP contribution >= 0.6 is 0 Å². The molecule has 1 aliphatic rings. The molecule has 29 heavy (non-hydrogen) atoms. The average Bonchev–Trinajstić information content (AvgIpc) is 2.73. The fourth-order valence-electron chi connectivity index (χ4n) is 3.96. The molecule has 1 aromatic carbocycles. The first-order valence-corrected chi connectivity index (χ1v) is 10.2. The lowest BCUT2D eigenvalue weighted by molar-refractivity contribution is 0.157. The van der Waals surface area contributed by atoms with Crippen LogP contribution in [0.25, 0.3) is 10.8 Å². The Morgan fingerprint density at radius 1 is 1.10 bits per heavy atom. The number of nitrogen functional groups attached to an aromatic ring is 1. The minimum absolute atomic E-state index is 0.561. The molecule has 0 atom stereocenters. The summed E-state index contributed by atoms with van der Waals surface area (Å²) < 4.78 is 6.02. The molecule has 3 heterocycles. The number of likely N-dealkylation sites (tertiary alicyclic amines) is 1. The van der Waals surface area contributed by atoms with Crippen molar-refractivity contribution in [3.8, 4) is 5.88 Å². The van der Waals surface area contributed by atoms with E-state index < -0.39 is 0 Å². The predicted octanol–water partition coefficient (Wildman–Crippen LogP) is 3.57. The number of benzene rings is 1. The molecule has 0 unspecified atom stereocenters. The van der Waals surface area contributed by atoms with Crippen LogP contribution in [0.1, 0.15) is 18.4 Å². The van der Waals surface area contributed by atoms with Gasteiger partial charge in [-0.3, -0.25) is 0 Å². The summed E-state index contributed by atoms with van der Waals surface area (Å²) >= 11 is 0. The van der Waals surface area contributed by atoms with E-state index in [4.69, 9.17) is 10.5 Å². The van der Waals surface area contributed by atoms with Gasteiger partial charge in [0, 0.05) is 48.5 Å². The summed E-state index contributed by atoms with van der Waals surface area (Å²) in [5, 5.41) is 2.09. The molecule has 4 rings (SSSR count). The van der Waals surface area contributed by atoms with E-state index in [1.54, 1.807) is 6.20 Å². The molecule has 0 saturated carbocycles. The van der Waals surface area contributed by atoms with Gasteiger partial charge in [-0.1, -0.05) is 12.1 Å². The van der Waals surface area contributed by atoms with Crippen LogP contribution in [0.5, 0.6) is 5.88 Å². The van der Waals surface area contributed by atoms with Gasteiger partial charge in [0.1, 0.15) is 5.82 Å². The minimum atomic E-state index is 0.561. The Kier molecular flexibility index (Phi) is 5.81. The van der Waals surface area contributed by atoms with E-state index in [9.17, 15) is 0 Å². The second-order valence-electron chi connectivity index (χ2n) is 7.98. The molecule has 2 aromatic heterocycles. The molecule has 3 aromatic rings. The molecule has 2 N–H and O–H groups in total. The van der Waals surface area contributed by atoms with Gasteiger partial charge in [0.25, 0.3) is 0 Å². The highest BCUT2D eigenvalue weighted by Gasteiger charge is 2.17. The normalized spacial score (nSPS) is 15.5. The Bertz CT molecular complexity index is 968. The Labute approximate surface area is 172 Å². The largest absolute Gasteiger partial charge is 0.477 e. The van der Waals surface area contributed by atoms with Crippen molar-refractivity contribution in [2.75, 3.05) is 44.4 Å². The number of nitrogens with zero attached hydrogens (tertiary/aromatic N) is 4. The summed E-state index contributed by atoms with van der Waals surface area (Å²) in [5.74, 6) is 1.89. The van der Waals surface area contributed by atoms with Gasteiger partial charge >= 0.3 is 0 Å². The van der Waals surface area contributed by atoms with Crippen molar-refractivity contribution >= 4 is 22.3 Å². The summed E-state index contributed by atoms with van der Waals surface area (Å²) in [7, 11) is 4.27. The molecule has 1 saturated heterocycles. The van der Waals surface area contributed by atoms with Crippen LogP contribution in [0.4, 0.5) is 11.5 Å². The van der Waals surface area contributed by atoms with Gasteiger partial charge in [-0.25, -0.2) is 9.97 Å². The zero-order valence-corrected chi connectivity index (χ0v) is 17.2. The highest BCUT2D eigenvalue weighted by atomic mass is 16.5. The van der Waals surface area contributed by atoms with E-state index in [0.29, 0.717) is 17.6 Å². The second kappa shape index (κ2) is 8.66. The van der Waals surface area contributed by atoms with E-state index in [2.05, 4.69) is 39.9 Å². The van der Waals surface area contributed by atoms with Crippen molar-refractivity contribution in [3.63, 3.8) is 0 Å². The highest BCUT2D eigenvalue weighted by molar-refractivity contribution is 5.99. The standard InChI is InChI=1S/C23H29N5O/c1-27-12-8-17(9-13-27)16-29-22-14-18(6-10-25-22)15-28(2)21-5-3-4-20-19(21)7-11-26-23(20)24/h3-7,10-11,14,17H,8-9,12-13,15-16H2,1-2H3,(H2,24,26). The minimum Gasteiger partial charge on any atom is -0.477 e. The van der Waals surface area contributed by atoms with Crippen molar-refractivity contribution in [1.82, 2.24) is 14.9 Å². The molecule has 0 bridgehead atoms. The van der Waals surface area contributed by atoms with Gasteiger partial charge in [-0.05, 0) is 62.7 Å². The van der Waals surface area contributed by atoms with Gasteiger partial charge in [-0.2, -0.15) is 0 Å². The Morgan fingerprint density at radius 2 is 1.90 bits per heavy atom. The zero-order chi connectivity index (χ0) is 20.2. The summed E-state index contributed by atoms with van der Waals surface area (Å²) in [4.78, 5) is 13.2. The van der Waals surface area contributed by atoms with Gasteiger partial charge in [0.2, 0.25) is 5.88 Å². The lowest BCUT2D eigenvalue weighted by Crippen LogP contribution is -2.32. The van der Waals surface area contributed by atoms with Crippen molar-refractivity contribution in [1.29, 1.82) is 0 Å². The van der Waals surface area contributed by atoms with Gasteiger partial charge in [-0.15, -0.1) is 0 Å². The molecular weight excluding hydrogens is 362 g/mol. The van der Waals surface area contributed by atoms with E-state index >= 15 is 0 Å². The van der Waals surface area contributed by atoms with Gasteiger partial charge < -0.3 is 20.3 Å². The molecule has 0 amide bonds. The van der Waals surface area contributed by atoms with Crippen molar-refractivity contribution in [2.45, 2.75) is 19.4 Å². The van der Waals surface area contributed by atoms with Crippen LogP contribution in [0, 0.1) is 5.92 Å². The average molecular weight is 392 g/mol. The fourth-order valence-corrected chi connectivity index (χ4v) is 3.96. The lowest BCUT2D eigenvalue weighted by Gasteiger charge is -2.28. The van der Waals surface area contributed by atoms with Crippen molar-refractivity contribution < 1.29 is 4.74 Å². The number of fused-ring (bicyclic) bond motifs is 1. The summed E-state index contributed by atoms with van der Waals surface area (Å²) in [6.45, 7) is 3.80. The fraction of sp³-hybridized carbons (Fsp3) is 0.391. The van der Waals surface area contributed by atoms with Crippen LogP contribution in [0.3, 0.4) is 0 Å². The molecule has 6 heteroatoms. The number of anilines is 2. The topological polar surface area (TPSA) is 67.5 Å². The van der Waals surface area contributed by atoms with Gasteiger partial charge in [0.05, 0.1) is 6.61 Å². The quantitative estimate of drug-likeness (QED) is 0.693. The van der Waals surface area contributed by atoms with Crippen molar-refractivity contribution in [2.24, 2.45) is 5.92 Å². The third-order valence-electron chi connectivity index (χ3n) is 5.75. The van der Waals surface area contributed by atoms with Crippen LogP contribution in [0.2, 0.25) is 0 Å². The molecule has 6 nitrogen and oxygen atoms in total. The number of ether oxygens (including phenoxy) is 1. The number of hydrogen-bond donors (Lipinski definition) is 1. The maximum atomic E-state index is 6.04. The Hall–Kier alpha value is -2.86. The molecule has 0 radical (unpaired) electrons. The van der Waals surface area contributed by atoms with Crippen molar-refractivity contribution in [3.05, 3.63) is 54.4 Å². The van der Waals surface area contributed by atoms with Crippen LogP contribution in [0.15, 0.2) is 48.8 Å². The highest BCUT2D eigenvalue weighted by Crippen LogP contribution is 2.29. The molecule has 1 fully saturated rings. The number of aromatic nitrogens is 2. The van der Waals surface area contributed by atoms with Crippen LogP contribution < -0.4 is 15.4 Å². The van der Waals surface area contributed by atoms with E-state index in [1.807, 2.05) is 36.5 Å². The van der Waals surface area contributed by atoms with E-state index in [0.717, 1.165) is 42.7 Å². The Balaban J connectivity index is 1.43. The predicted molar refractivity (Wildman–Crippen MR) is 118 cm³/mol. The summed E-state index contributed by atoms with van der Waals surface area (Å²) in [6.07, 6.45) is 5.98. The second-order valence-corrected chi connectivity index (χ2v) is 7.98. The SMILES string of the molecule is CN1CCC(COc2cc(CN(C)c3cccc4c(N)nccc34)ccn2)CC1. The first kappa shape index (κ1) is 19.5. The van der Waals surface area contributed by atoms with Crippen LogP contribution in [-0.2, 0) is 6.54 Å². The first-order chi connectivity index (χ1) is 14.1.